The molecule has 0 radical (unpaired) electrons. The van der Waals surface area contributed by atoms with Crippen molar-refractivity contribution in [3.8, 4) is 0 Å². The number of aryl methyl sites for hydroxylation is 2. The molecule has 1 heterocycles. The standard InChI is InChI=1S/C15H15Cl2NO/c1-9-5-10(2)15(18-8-9)14(19)7-11-6-12(16)3-4-13(11)17/h3-6,8,14,19H,7H2,1-2H3. The average Bonchev–Trinajstić information content (AvgIpc) is 2.33. The van der Waals surface area contributed by atoms with Gasteiger partial charge in [-0.05, 0) is 48.7 Å². The van der Waals surface area contributed by atoms with E-state index in [-0.39, 0.29) is 0 Å². The fourth-order valence-electron chi connectivity index (χ4n) is 2.08. The molecule has 0 bridgehead atoms. The number of halogens is 2. The van der Waals surface area contributed by atoms with E-state index >= 15 is 0 Å². The van der Waals surface area contributed by atoms with E-state index in [0.717, 1.165) is 16.7 Å². The van der Waals surface area contributed by atoms with E-state index < -0.39 is 6.10 Å². The smallest absolute Gasteiger partial charge is 0.100 e. The minimum Gasteiger partial charge on any atom is -0.386 e. The topological polar surface area (TPSA) is 33.1 Å². The van der Waals surface area contributed by atoms with Gasteiger partial charge >= 0.3 is 0 Å². The Hall–Kier alpha value is -1.09. The molecule has 1 N–H and O–H groups in total. The molecule has 0 aliphatic heterocycles. The van der Waals surface area contributed by atoms with E-state index in [1.165, 1.54) is 0 Å². The van der Waals surface area contributed by atoms with Crippen molar-refractivity contribution >= 4 is 23.2 Å². The Morgan fingerprint density at radius 2 is 1.95 bits per heavy atom. The molecule has 1 atom stereocenters. The van der Waals surface area contributed by atoms with Crippen LogP contribution in [0.4, 0.5) is 0 Å². The number of nitrogens with zero attached hydrogens (tertiary/aromatic N) is 1. The summed E-state index contributed by atoms with van der Waals surface area (Å²) in [6.45, 7) is 3.92. The number of pyridine rings is 1. The van der Waals surface area contributed by atoms with Crippen molar-refractivity contribution in [2.45, 2.75) is 26.4 Å². The normalized spacial score (nSPS) is 12.5. The summed E-state index contributed by atoms with van der Waals surface area (Å²) in [5.74, 6) is 0. The molecule has 1 aromatic carbocycles. The van der Waals surface area contributed by atoms with Crippen LogP contribution in [-0.2, 0) is 6.42 Å². The van der Waals surface area contributed by atoms with Crippen LogP contribution in [0.5, 0.6) is 0 Å². The Morgan fingerprint density at radius 3 is 2.63 bits per heavy atom. The third kappa shape index (κ3) is 3.47. The number of hydrogen-bond acceptors (Lipinski definition) is 2. The largest absolute Gasteiger partial charge is 0.386 e. The van der Waals surface area contributed by atoms with Gasteiger partial charge in [0.25, 0.3) is 0 Å². The lowest BCUT2D eigenvalue weighted by Gasteiger charge is -2.14. The third-order valence-corrected chi connectivity index (χ3v) is 3.60. The van der Waals surface area contributed by atoms with E-state index in [0.29, 0.717) is 22.2 Å². The highest BCUT2D eigenvalue weighted by Gasteiger charge is 2.15. The van der Waals surface area contributed by atoms with Crippen molar-refractivity contribution in [3.05, 3.63) is 62.9 Å². The lowest BCUT2D eigenvalue weighted by molar-refractivity contribution is 0.173. The molecule has 0 amide bonds. The van der Waals surface area contributed by atoms with Crippen LogP contribution in [0.15, 0.2) is 30.5 Å². The predicted molar refractivity (Wildman–Crippen MR) is 78.8 cm³/mol. The molecule has 100 valence electrons. The van der Waals surface area contributed by atoms with Gasteiger partial charge in [-0.2, -0.15) is 0 Å². The number of hydrogen-bond donors (Lipinski definition) is 1. The molecule has 1 aromatic heterocycles. The van der Waals surface area contributed by atoms with Gasteiger partial charge in [0.2, 0.25) is 0 Å². The molecule has 2 rings (SSSR count). The summed E-state index contributed by atoms with van der Waals surface area (Å²) in [7, 11) is 0. The molecule has 0 saturated carbocycles. The lowest BCUT2D eigenvalue weighted by atomic mass is 10.0. The van der Waals surface area contributed by atoms with Gasteiger partial charge in [0.15, 0.2) is 0 Å². The molecule has 0 saturated heterocycles. The number of rotatable bonds is 3. The van der Waals surface area contributed by atoms with Crippen molar-refractivity contribution in [2.75, 3.05) is 0 Å². The van der Waals surface area contributed by atoms with E-state index in [2.05, 4.69) is 4.98 Å². The van der Waals surface area contributed by atoms with Crippen molar-refractivity contribution in [2.24, 2.45) is 0 Å². The zero-order valence-corrected chi connectivity index (χ0v) is 12.3. The fourth-order valence-corrected chi connectivity index (χ4v) is 2.47. The SMILES string of the molecule is Cc1cnc(C(O)Cc2cc(Cl)ccc2Cl)c(C)c1. The van der Waals surface area contributed by atoms with Gasteiger partial charge in [0.1, 0.15) is 6.10 Å². The second kappa shape index (κ2) is 5.91. The van der Waals surface area contributed by atoms with Gasteiger partial charge in [0.05, 0.1) is 5.69 Å². The van der Waals surface area contributed by atoms with Gasteiger partial charge in [-0.15, -0.1) is 0 Å². The highest BCUT2D eigenvalue weighted by atomic mass is 35.5. The van der Waals surface area contributed by atoms with E-state index in [9.17, 15) is 5.11 Å². The van der Waals surface area contributed by atoms with Crippen LogP contribution < -0.4 is 0 Å². The second-order valence-electron chi connectivity index (χ2n) is 4.67. The van der Waals surface area contributed by atoms with Crippen molar-refractivity contribution in [3.63, 3.8) is 0 Å². The van der Waals surface area contributed by atoms with Crippen LogP contribution in [0.2, 0.25) is 10.0 Å². The summed E-state index contributed by atoms with van der Waals surface area (Å²) in [6, 6.07) is 7.25. The monoisotopic (exact) mass is 295 g/mol. The molecular weight excluding hydrogens is 281 g/mol. The summed E-state index contributed by atoms with van der Waals surface area (Å²) < 4.78 is 0. The van der Waals surface area contributed by atoms with Gasteiger partial charge in [-0.3, -0.25) is 4.98 Å². The van der Waals surface area contributed by atoms with Crippen molar-refractivity contribution in [1.82, 2.24) is 4.98 Å². The summed E-state index contributed by atoms with van der Waals surface area (Å²) >= 11 is 12.0. The Kier molecular flexibility index (Phi) is 4.46. The van der Waals surface area contributed by atoms with Crippen LogP contribution in [-0.4, -0.2) is 10.1 Å². The first-order valence-electron chi connectivity index (χ1n) is 6.02. The highest BCUT2D eigenvalue weighted by Crippen LogP contribution is 2.26. The van der Waals surface area contributed by atoms with Gasteiger partial charge in [0, 0.05) is 22.7 Å². The molecule has 2 nitrogen and oxygen atoms in total. The zero-order chi connectivity index (χ0) is 14.0. The van der Waals surface area contributed by atoms with E-state index in [1.54, 1.807) is 24.4 Å². The average molecular weight is 296 g/mol. The summed E-state index contributed by atoms with van der Waals surface area (Å²) in [4.78, 5) is 4.30. The van der Waals surface area contributed by atoms with E-state index in [4.69, 9.17) is 23.2 Å². The van der Waals surface area contributed by atoms with E-state index in [1.807, 2.05) is 19.9 Å². The van der Waals surface area contributed by atoms with Crippen LogP contribution in [0.1, 0.15) is 28.5 Å². The van der Waals surface area contributed by atoms with Crippen LogP contribution in [0.25, 0.3) is 0 Å². The maximum atomic E-state index is 10.3. The fraction of sp³-hybridized carbons (Fsp3) is 0.267. The predicted octanol–water partition coefficient (Wildman–Crippen LogP) is 4.28. The first kappa shape index (κ1) is 14.3. The van der Waals surface area contributed by atoms with Gasteiger partial charge < -0.3 is 5.11 Å². The Balaban J connectivity index is 2.25. The molecule has 4 heteroatoms. The Morgan fingerprint density at radius 1 is 1.21 bits per heavy atom. The number of benzene rings is 1. The van der Waals surface area contributed by atoms with Crippen molar-refractivity contribution in [1.29, 1.82) is 0 Å². The summed E-state index contributed by atoms with van der Waals surface area (Å²) in [5, 5.41) is 11.5. The Labute approximate surface area is 123 Å². The zero-order valence-electron chi connectivity index (χ0n) is 10.8. The molecule has 0 aliphatic carbocycles. The van der Waals surface area contributed by atoms with Crippen molar-refractivity contribution < 1.29 is 5.11 Å². The molecule has 0 spiro atoms. The summed E-state index contributed by atoms with van der Waals surface area (Å²) in [6.07, 6.45) is 1.47. The lowest BCUT2D eigenvalue weighted by Crippen LogP contribution is -2.07. The number of aliphatic hydroxyl groups excluding tert-OH is 1. The molecule has 2 aromatic rings. The maximum absolute atomic E-state index is 10.3. The first-order valence-corrected chi connectivity index (χ1v) is 6.78. The highest BCUT2D eigenvalue weighted by molar-refractivity contribution is 6.33. The molecule has 1 unspecified atom stereocenters. The quantitative estimate of drug-likeness (QED) is 0.917. The van der Waals surface area contributed by atoms with Crippen LogP contribution in [0, 0.1) is 13.8 Å². The molecule has 0 aliphatic rings. The third-order valence-electron chi connectivity index (χ3n) is 2.99. The molecular formula is C15H15Cl2NO. The van der Waals surface area contributed by atoms with Gasteiger partial charge in [-0.25, -0.2) is 0 Å². The maximum Gasteiger partial charge on any atom is 0.100 e. The second-order valence-corrected chi connectivity index (χ2v) is 5.51. The summed E-state index contributed by atoms with van der Waals surface area (Å²) in [5.41, 5.74) is 3.56. The van der Waals surface area contributed by atoms with Gasteiger partial charge in [-0.1, -0.05) is 29.3 Å². The Bertz CT molecular complexity index is 599. The van der Waals surface area contributed by atoms with Crippen LogP contribution >= 0.6 is 23.2 Å². The molecule has 0 fully saturated rings. The minimum absolute atomic E-state index is 0.399. The molecule has 19 heavy (non-hydrogen) atoms. The first-order chi connectivity index (χ1) is 8.97. The number of aromatic nitrogens is 1. The minimum atomic E-state index is -0.684. The number of aliphatic hydroxyl groups is 1. The van der Waals surface area contributed by atoms with Crippen LogP contribution in [0.3, 0.4) is 0 Å².